The van der Waals surface area contributed by atoms with Gasteiger partial charge in [-0.2, -0.15) is 0 Å². The van der Waals surface area contributed by atoms with Crippen LogP contribution in [0, 0.1) is 0 Å². The van der Waals surface area contributed by atoms with Crippen molar-refractivity contribution in [2.45, 2.75) is 17.7 Å². The Labute approximate surface area is 57.6 Å². The van der Waals surface area contributed by atoms with E-state index in [9.17, 15) is 4.79 Å². The maximum atomic E-state index is 10.3. The second-order valence-electron chi connectivity index (χ2n) is 2.08. The Balaban J connectivity index is 2.49. The highest BCUT2D eigenvalue weighted by molar-refractivity contribution is 8.00. The van der Waals surface area contributed by atoms with Crippen LogP contribution in [0.3, 0.4) is 0 Å². The number of carboxylic acid groups (broad SMARTS) is 1. The predicted octanol–water partition coefficient (Wildman–Crippen LogP) is -0.0962. The highest BCUT2D eigenvalue weighted by Crippen LogP contribution is 2.25. The number of rotatable bonds is 1. The Morgan fingerprint density at radius 3 is 2.67 bits per heavy atom. The van der Waals surface area contributed by atoms with Gasteiger partial charge in [0, 0.05) is 6.04 Å². The van der Waals surface area contributed by atoms with Crippen molar-refractivity contribution >= 4 is 17.7 Å². The minimum Gasteiger partial charge on any atom is -0.480 e. The van der Waals surface area contributed by atoms with Crippen LogP contribution in [0.25, 0.3) is 0 Å². The van der Waals surface area contributed by atoms with E-state index in [2.05, 4.69) is 0 Å². The molecule has 0 aromatic rings. The van der Waals surface area contributed by atoms with Crippen LogP contribution < -0.4 is 5.73 Å². The lowest BCUT2D eigenvalue weighted by atomic mass is 10.2. The molecule has 0 amide bonds. The zero-order chi connectivity index (χ0) is 6.85. The van der Waals surface area contributed by atoms with Gasteiger partial charge in [-0.3, -0.25) is 4.79 Å². The summed E-state index contributed by atoms with van der Waals surface area (Å²) in [4.78, 5) is 10.3. The van der Waals surface area contributed by atoms with Crippen molar-refractivity contribution < 1.29 is 9.90 Å². The summed E-state index contributed by atoms with van der Waals surface area (Å²) in [5.74, 6) is 0.114. The molecule has 0 aliphatic carbocycles. The third-order valence-corrected chi connectivity index (χ3v) is 2.76. The van der Waals surface area contributed by atoms with Crippen molar-refractivity contribution in [2.24, 2.45) is 5.73 Å². The van der Waals surface area contributed by atoms with Crippen molar-refractivity contribution in [3.05, 3.63) is 0 Å². The fourth-order valence-electron chi connectivity index (χ4n) is 0.860. The maximum absolute atomic E-state index is 10.3. The average Bonchev–Trinajstić information content (AvgIpc) is 2.13. The Morgan fingerprint density at radius 1 is 1.78 bits per heavy atom. The SMILES string of the molecule is N[C@@H]1CCS[C@H]1C(=O)O. The maximum Gasteiger partial charge on any atom is 0.318 e. The normalized spacial score (nSPS) is 34.8. The number of carbonyl (C=O) groups is 1. The Bertz CT molecular complexity index is 128. The van der Waals surface area contributed by atoms with Gasteiger partial charge in [-0.15, -0.1) is 11.8 Å². The number of aliphatic carboxylic acids is 1. The van der Waals surface area contributed by atoms with Gasteiger partial charge in [0.1, 0.15) is 5.25 Å². The summed E-state index contributed by atoms with van der Waals surface area (Å²) in [6.07, 6.45) is 0.835. The molecule has 1 fully saturated rings. The van der Waals surface area contributed by atoms with Crippen molar-refractivity contribution in [2.75, 3.05) is 5.75 Å². The standard InChI is InChI=1S/C5H9NO2S/c6-3-1-2-9-4(3)5(7)8/h3-4H,1-2,6H2,(H,7,8)/t3-,4-/m1/s1. The van der Waals surface area contributed by atoms with E-state index in [0.29, 0.717) is 0 Å². The van der Waals surface area contributed by atoms with Gasteiger partial charge in [0.05, 0.1) is 0 Å². The molecule has 1 aliphatic rings. The van der Waals surface area contributed by atoms with Crippen LogP contribution in [-0.4, -0.2) is 28.1 Å². The molecule has 1 heterocycles. The third-order valence-electron chi connectivity index (χ3n) is 1.38. The molecule has 0 radical (unpaired) electrons. The smallest absolute Gasteiger partial charge is 0.318 e. The molecule has 0 unspecified atom stereocenters. The van der Waals surface area contributed by atoms with E-state index in [1.165, 1.54) is 11.8 Å². The fraction of sp³-hybridized carbons (Fsp3) is 0.800. The monoisotopic (exact) mass is 147 g/mol. The molecule has 1 saturated heterocycles. The molecule has 1 rings (SSSR count). The molecule has 4 heteroatoms. The fourth-order valence-corrected chi connectivity index (χ4v) is 2.05. The van der Waals surface area contributed by atoms with Gasteiger partial charge < -0.3 is 10.8 Å². The molecular weight excluding hydrogens is 138 g/mol. The van der Waals surface area contributed by atoms with Crippen molar-refractivity contribution in [1.82, 2.24) is 0 Å². The summed E-state index contributed by atoms with van der Waals surface area (Å²) in [5.41, 5.74) is 5.48. The van der Waals surface area contributed by atoms with Crippen LogP contribution >= 0.6 is 11.8 Å². The number of carboxylic acids is 1. The molecule has 0 spiro atoms. The van der Waals surface area contributed by atoms with E-state index in [1.807, 2.05) is 0 Å². The molecule has 2 atom stereocenters. The summed E-state index contributed by atoms with van der Waals surface area (Å²) < 4.78 is 0. The lowest BCUT2D eigenvalue weighted by molar-refractivity contribution is -0.136. The van der Waals surface area contributed by atoms with Crippen molar-refractivity contribution in [1.29, 1.82) is 0 Å². The van der Waals surface area contributed by atoms with Gasteiger partial charge in [0.2, 0.25) is 0 Å². The summed E-state index contributed by atoms with van der Waals surface area (Å²) >= 11 is 1.43. The summed E-state index contributed by atoms with van der Waals surface area (Å²) in [7, 11) is 0. The molecule has 3 nitrogen and oxygen atoms in total. The quantitative estimate of drug-likeness (QED) is 0.544. The topological polar surface area (TPSA) is 63.3 Å². The zero-order valence-corrected chi connectivity index (χ0v) is 5.73. The highest BCUT2D eigenvalue weighted by atomic mass is 32.2. The number of thioether (sulfide) groups is 1. The Hall–Kier alpha value is -0.220. The number of hydrogen-bond acceptors (Lipinski definition) is 3. The predicted molar refractivity (Wildman–Crippen MR) is 36.5 cm³/mol. The first-order chi connectivity index (χ1) is 4.22. The Kier molecular flexibility index (Phi) is 1.97. The van der Waals surface area contributed by atoms with Crippen LogP contribution in [-0.2, 0) is 4.79 Å². The average molecular weight is 147 g/mol. The highest BCUT2D eigenvalue weighted by Gasteiger charge is 2.30. The van der Waals surface area contributed by atoms with Crippen LogP contribution in [0.4, 0.5) is 0 Å². The van der Waals surface area contributed by atoms with E-state index in [1.54, 1.807) is 0 Å². The molecule has 0 saturated carbocycles. The molecule has 3 N–H and O–H groups in total. The third kappa shape index (κ3) is 1.37. The second-order valence-corrected chi connectivity index (χ2v) is 3.33. The van der Waals surface area contributed by atoms with Crippen LogP contribution in [0.15, 0.2) is 0 Å². The summed E-state index contributed by atoms with van der Waals surface area (Å²) in [6, 6.07) is -0.132. The first-order valence-corrected chi connectivity index (χ1v) is 3.86. The van der Waals surface area contributed by atoms with E-state index < -0.39 is 5.97 Å². The Morgan fingerprint density at radius 2 is 2.44 bits per heavy atom. The van der Waals surface area contributed by atoms with Gasteiger partial charge in [0.25, 0.3) is 0 Å². The summed E-state index contributed by atoms with van der Waals surface area (Å²) in [5, 5.41) is 8.13. The molecule has 0 aromatic heterocycles. The van der Waals surface area contributed by atoms with E-state index >= 15 is 0 Å². The number of nitrogens with two attached hydrogens (primary N) is 1. The molecule has 9 heavy (non-hydrogen) atoms. The largest absolute Gasteiger partial charge is 0.480 e. The lowest BCUT2D eigenvalue weighted by Gasteiger charge is -2.06. The van der Waals surface area contributed by atoms with Gasteiger partial charge in [0.15, 0.2) is 0 Å². The minimum absolute atomic E-state index is 0.132. The van der Waals surface area contributed by atoms with Gasteiger partial charge >= 0.3 is 5.97 Å². The first-order valence-electron chi connectivity index (χ1n) is 2.82. The molecular formula is C5H9NO2S. The molecule has 1 aliphatic heterocycles. The summed E-state index contributed by atoms with van der Waals surface area (Å²) in [6.45, 7) is 0. The lowest BCUT2D eigenvalue weighted by Crippen LogP contribution is -2.33. The molecule has 0 aromatic carbocycles. The van der Waals surface area contributed by atoms with Crippen molar-refractivity contribution in [3.63, 3.8) is 0 Å². The minimum atomic E-state index is -0.773. The van der Waals surface area contributed by atoms with Crippen LogP contribution in [0.5, 0.6) is 0 Å². The van der Waals surface area contributed by atoms with Gasteiger partial charge in [-0.05, 0) is 12.2 Å². The molecule has 52 valence electrons. The van der Waals surface area contributed by atoms with Gasteiger partial charge in [-0.25, -0.2) is 0 Å². The van der Waals surface area contributed by atoms with Crippen molar-refractivity contribution in [3.8, 4) is 0 Å². The van der Waals surface area contributed by atoms with E-state index in [-0.39, 0.29) is 11.3 Å². The zero-order valence-electron chi connectivity index (χ0n) is 4.91. The van der Waals surface area contributed by atoms with Gasteiger partial charge in [-0.1, -0.05) is 0 Å². The van der Waals surface area contributed by atoms with Crippen LogP contribution in [0.1, 0.15) is 6.42 Å². The van der Waals surface area contributed by atoms with Crippen LogP contribution in [0.2, 0.25) is 0 Å². The molecule has 0 bridgehead atoms. The number of hydrogen-bond donors (Lipinski definition) is 2. The van der Waals surface area contributed by atoms with E-state index in [4.69, 9.17) is 10.8 Å². The van der Waals surface area contributed by atoms with E-state index in [0.717, 1.165) is 12.2 Å². The first kappa shape index (κ1) is 6.89. The second kappa shape index (κ2) is 2.58.